The van der Waals surface area contributed by atoms with Crippen molar-refractivity contribution in [1.29, 1.82) is 0 Å². The summed E-state index contributed by atoms with van der Waals surface area (Å²) in [4.78, 5) is 27.6. The van der Waals surface area contributed by atoms with Crippen molar-refractivity contribution in [2.24, 2.45) is 0 Å². The number of Topliss-reactive ketones (excluding diaryl/α,β-unsaturated/α-hetero) is 1. The van der Waals surface area contributed by atoms with Gasteiger partial charge in [-0.15, -0.1) is 11.3 Å². The van der Waals surface area contributed by atoms with Crippen LogP contribution in [0, 0.1) is 0 Å². The average molecular weight is 316 g/mol. The number of halogens is 2. The lowest BCUT2D eigenvalue weighted by Crippen LogP contribution is -2.14. The van der Waals surface area contributed by atoms with Gasteiger partial charge in [0.25, 0.3) is 0 Å². The largest absolute Gasteiger partial charge is 0.454 e. The molecule has 0 unspecified atom stereocenters. The fourth-order valence-corrected chi connectivity index (χ4v) is 2.45. The van der Waals surface area contributed by atoms with E-state index in [1.54, 1.807) is 18.2 Å². The van der Waals surface area contributed by atoms with Gasteiger partial charge in [0.15, 0.2) is 6.61 Å². The molecule has 7 heteroatoms. The van der Waals surface area contributed by atoms with Crippen LogP contribution < -0.4 is 0 Å². The number of esters is 1. The average Bonchev–Trinajstić information content (AvgIpc) is 2.83. The highest BCUT2D eigenvalue weighted by Gasteiger charge is 2.15. The standard InChI is InChI=1S/C12H7Cl2NO3S/c13-10-4-3-9(19-10)8(16)6-18-12(17)7-2-1-5-15-11(7)14/h1-5H,6H2. The highest BCUT2D eigenvalue weighted by atomic mass is 35.5. The van der Waals surface area contributed by atoms with Crippen molar-refractivity contribution in [3.63, 3.8) is 0 Å². The van der Waals surface area contributed by atoms with E-state index in [0.717, 1.165) is 11.3 Å². The first-order valence-corrected chi connectivity index (χ1v) is 6.71. The number of nitrogens with zero attached hydrogens (tertiary/aromatic N) is 1. The molecule has 2 heterocycles. The Hall–Kier alpha value is -1.43. The zero-order valence-electron chi connectivity index (χ0n) is 9.43. The minimum absolute atomic E-state index is 0.0408. The van der Waals surface area contributed by atoms with Gasteiger partial charge in [0.2, 0.25) is 5.78 Å². The van der Waals surface area contributed by atoms with E-state index in [1.807, 2.05) is 0 Å². The molecule has 0 saturated heterocycles. The number of hydrogen-bond donors (Lipinski definition) is 0. The number of carbonyl (C=O) groups is 2. The van der Waals surface area contributed by atoms with Crippen LogP contribution in [0.3, 0.4) is 0 Å². The molecular formula is C12H7Cl2NO3S. The van der Waals surface area contributed by atoms with Crippen LogP contribution in [0.25, 0.3) is 0 Å². The van der Waals surface area contributed by atoms with Gasteiger partial charge in [-0.25, -0.2) is 9.78 Å². The van der Waals surface area contributed by atoms with Crippen molar-refractivity contribution in [2.75, 3.05) is 6.61 Å². The van der Waals surface area contributed by atoms with Gasteiger partial charge in [-0.2, -0.15) is 0 Å². The van der Waals surface area contributed by atoms with Crippen molar-refractivity contribution < 1.29 is 14.3 Å². The zero-order chi connectivity index (χ0) is 13.8. The van der Waals surface area contributed by atoms with Crippen LogP contribution >= 0.6 is 34.5 Å². The second kappa shape index (κ2) is 6.14. The highest BCUT2D eigenvalue weighted by Crippen LogP contribution is 2.22. The second-order valence-corrected chi connectivity index (χ2v) is 5.52. The van der Waals surface area contributed by atoms with Crippen LogP contribution in [-0.2, 0) is 4.74 Å². The summed E-state index contributed by atoms with van der Waals surface area (Å²) in [6, 6.07) is 6.23. The Bertz CT molecular complexity index is 627. The topological polar surface area (TPSA) is 56.3 Å². The monoisotopic (exact) mass is 315 g/mol. The molecule has 0 aliphatic rings. The molecule has 0 amide bonds. The first-order valence-electron chi connectivity index (χ1n) is 5.14. The molecule has 2 aromatic heterocycles. The number of carbonyl (C=O) groups excluding carboxylic acids is 2. The number of ketones is 1. The predicted octanol–water partition coefficient (Wildman–Crippen LogP) is 3.49. The van der Waals surface area contributed by atoms with Gasteiger partial charge >= 0.3 is 5.97 Å². The van der Waals surface area contributed by atoms with Crippen LogP contribution in [-0.4, -0.2) is 23.3 Å². The Balaban J connectivity index is 1.98. The van der Waals surface area contributed by atoms with Gasteiger partial charge in [0.05, 0.1) is 14.8 Å². The van der Waals surface area contributed by atoms with Crippen LogP contribution in [0.5, 0.6) is 0 Å². The quantitative estimate of drug-likeness (QED) is 0.492. The Kier molecular flexibility index (Phi) is 4.52. The molecule has 0 spiro atoms. The predicted molar refractivity (Wildman–Crippen MR) is 73.2 cm³/mol. The van der Waals surface area contributed by atoms with Crippen molar-refractivity contribution in [3.8, 4) is 0 Å². The Labute approximate surface area is 122 Å². The Morgan fingerprint density at radius 2 is 2.05 bits per heavy atom. The van der Waals surface area contributed by atoms with Gasteiger partial charge in [0.1, 0.15) is 5.15 Å². The van der Waals surface area contributed by atoms with Crippen LogP contribution in [0.4, 0.5) is 0 Å². The van der Waals surface area contributed by atoms with E-state index >= 15 is 0 Å². The summed E-state index contributed by atoms with van der Waals surface area (Å²) >= 11 is 12.6. The summed E-state index contributed by atoms with van der Waals surface area (Å²) in [6.07, 6.45) is 1.46. The van der Waals surface area contributed by atoms with E-state index in [9.17, 15) is 9.59 Å². The first-order chi connectivity index (χ1) is 9.08. The molecule has 0 aromatic carbocycles. The molecule has 0 fully saturated rings. The molecule has 0 bridgehead atoms. The third kappa shape index (κ3) is 3.53. The zero-order valence-corrected chi connectivity index (χ0v) is 11.8. The summed E-state index contributed by atoms with van der Waals surface area (Å²) in [6.45, 7) is -0.360. The number of thiophene rings is 1. The summed E-state index contributed by atoms with van der Waals surface area (Å²) in [5, 5.41) is 0.0408. The number of ether oxygens (including phenoxy) is 1. The molecule has 2 rings (SSSR count). The van der Waals surface area contributed by atoms with Crippen molar-refractivity contribution in [1.82, 2.24) is 4.98 Å². The molecule has 0 saturated carbocycles. The molecule has 0 aliphatic heterocycles. The van der Waals surface area contributed by atoms with Gasteiger partial charge in [-0.3, -0.25) is 4.79 Å². The maximum absolute atomic E-state index is 11.7. The first kappa shape index (κ1) is 14.0. The molecule has 0 aliphatic carbocycles. The molecule has 0 atom stereocenters. The maximum Gasteiger partial charge on any atom is 0.341 e. The molecule has 0 N–H and O–H groups in total. The lowest BCUT2D eigenvalue weighted by molar-refractivity contribution is 0.0475. The van der Waals surface area contributed by atoms with Crippen LogP contribution in [0.2, 0.25) is 9.49 Å². The molecular weight excluding hydrogens is 309 g/mol. The smallest absolute Gasteiger partial charge is 0.341 e. The highest BCUT2D eigenvalue weighted by molar-refractivity contribution is 7.18. The molecule has 0 radical (unpaired) electrons. The number of aromatic nitrogens is 1. The Morgan fingerprint density at radius 3 is 2.68 bits per heavy atom. The third-order valence-electron chi connectivity index (χ3n) is 2.16. The minimum Gasteiger partial charge on any atom is -0.454 e. The van der Waals surface area contributed by atoms with E-state index in [2.05, 4.69) is 4.98 Å². The van der Waals surface area contributed by atoms with E-state index in [-0.39, 0.29) is 23.1 Å². The SMILES string of the molecule is O=C(COC(=O)c1cccnc1Cl)c1ccc(Cl)s1. The summed E-state index contributed by atoms with van der Waals surface area (Å²) in [5.74, 6) is -1.00. The van der Waals surface area contributed by atoms with Gasteiger partial charge in [0, 0.05) is 6.20 Å². The minimum atomic E-state index is -0.686. The van der Waals surface area contributed by atoms with Crippen LogP contribution in [0.15, 0.2) is 30.5 Å². The number of rotatable bonds is 4. The lowest BCUT2D eigenvalue weighted by Gasteiger charge is -2.04. The van der Waals surface area contributed by atoms with E-state index in [1.165, 1.54) is 12.3 Å². The summed E-state index contributed by atoms with van der Waals surface area (Å²) < 4.78 is 5.39. The summed E-state index contributed by atoms with van der Waals surface area (Å²) in [7, 11) is 0. The molecule has 19 heavy (non-hydrogen) atoms. The van der Waals surface area contributed by atoms with Crippen molar-refractivity contribution in [2.45, 2.75) is 0 Å². The fourth-order valence-electron chi connectivity index (χ4n) is 1.28. The third-order valence-corrected chi connectivity index (χ3v) is 3.73. The normalized spacial score (nSPS) is 10.2. The Morgan fingerprint density at radius 1 is 1.26 bits per heavy atom. The summed E-state index contributed by atoms with van der Waals surface area (Å²) in [5.41, 5.74) is 0.126. The lowest BCUT2D eigenvalue weighted by atomic mass is 10.3. The number of hydrogen-bond acceptors (Lipinski definition) is 5. The molecule has 98 valence electrons. The second-order valence-electron chi connectivity index (χ2n) is 3.44. The van der Waals surface area contributed by atoms with Crippen LogP contribution in [0.1, 0.15) is 20.0 Å². The fraction of sp³-hybridized carbons (Fsp3) is 0.0833. The van der Waals surface area contributed by atoms with Gasteiger partial charge in [-0.05, 0) is 24.3 Å². The van der Waals surface area contributed by atoms with Gasteiger partial charge in [-0.1, -0.05) is 23.2 Å². The van der Waals surface area contributed by atoms with E-state index in [4.69, 9.17) is 27.9 Å². The van der Waals surface area contributed by atoms with Crippen molar-refractivity contribution in [3.05, 3.63) is 50.4 Å². The van der Waals surface area contributed by atoms with E-state index < -0.39 is 5.97 Å². The molecule has 4 nitrogen and oxygen atoms in total. The molecule has 2 aromatic rings. The van der Waals surface area contributed by atoms with E-state index in [0.29, 0.717) is 9.21 Å². The van der Waals surface area contributed by atoms with Crippen molar-refractivity contribution >= 4 is 46.3 Å². The maximum atomic E-state index is 11.7. The van der Waals surface area contributed by atoms with Gasteiger partial charge < -0.3 is 4.74 Å². The number of pyridine rings is 1.